The predicted molar refractivity (Wildman–Crippen MR) is 93.1 cm³/mol. The van der Waals surface area contributed by atoms with Crippen LogP contribution in [-0.4, -0.2) is 34.1 Å². The maximum atomic E-state index is 13.6. The van der Waals surface area contributed by atoms with Gasteiger partial charge in [0.25, 0.3) is 0 Å². The summed E-state index contributed by atoms with van der Waals surface area (Å²) >= 11 is 0. The summed E-state index contributed by atoms with van der Waals surface area (Å²) in [5, 5.41) is 3.42. The maximum Gasteiger partial charge on any atom is 0.123 e. The Morgan fingerprint density at radius 1 is 1.25 bits per heavy atom. The molecule has 2 aromatic carbocycles. The van der Waals surface area contributed by atoms with Crippen LogP contribution in [0.4, 0.5) is 4.39 Å². The molecule has 1 aromatic heterocycles. The molecule has 0 bridgehead atoms. The number of benzene rings is 2. The van der Waals surface area contributed by atoms with E-state index in [4.69, 9.17) is 0 Å². The van der Waals surface area contributed by atoms with E-state index < -0.39 is 0 Å². The molecule has 24 heavy (non-hydrogen) atoms. The molecule has 0 aliphatic carbocycles. The van der Waals surface area contributed by atoms with Crippen molar-refractivity contribution in [2.75, 3.05) is 19.6 Å². The van der Waals surface area contributed by atoms with Gasteiger partial charge in [-0.05, 0) is 35.4 Å². The predicted octanol–water partition coefficient (Wildman–Crippen LogP) is 2.86. The number of piperazine rings is 1. The van der Waals surface area contributed by atoms with Gasteiger partial charge in [0, 0.05) is 39.3 Å². The molecule has 1 saturated heterocycles. The minimum Gasteiger partial charge on any atom is -0.334 e. The first-order valence-corrected chi connectivity index (χ1v) is 8.31. The Kier molecular flexibility index (Phi) is 4.04. The van der Waals surface area contributed by atoms with Gasteiger partial charge in [0.2, 0.25) is 0 Å². The van der Waals surface area contributed by atoms with Crippen LogP contribution in [0.15, 0.2) is 48.8 Å². The number of hydrogen-bond donors (Lipinski definition) is 1. The quantitative estimate of drug-likeness (QED) is 0.804. The van der Waals surface area contributed by atoms with Crippen molar-refractivity contribution < 1.29 is 4.39 Å². The molecule has 1 aliphatic rings. The van der Waals surface area contributed by atoms with E-state index in [0.29, 0.717) is 0 Å². The average molecular weight is 324 g/mol. The van der Waals surface area contributed by atoms with Gasteiger partial charge in [-0.3, -0.25) is 4.90 Å². The van der Waals surface area contributed by atoms with E-state index in [1.165, 1.54) is 11.6 Å². The van der Waals surface area contributed by atoms with Gasteiger partial charge in [0.05, 0.1) is 17.4 Å². The minimum atomic E-state index is -0.173. The zero-order chi connectivity index (χ0) is 16.5. The van der Waals surface area contributed by atoms with Crippen LogP contribution in [0.25, 0.3) is 11.0 Å². The van der Waals surface area contributed by atoms with Crippen molar-refractivity contribution in [1.82, 2.24) is 19.8 Å². The van der Waals surface area contributed by atoms with Crippen LogP contribution in [0.2, 0.25) is 0 Å². The molecule has 1 fully saturated rings. The Hall–Kier alpha value is -2.24. The standard InChI is InChI=1S/C19H21FN4/c1-23-13-22-17-9-14(5-6-18(17)23)12-24-8-7-21-11-19(24)15-3-2-4-16(20)10-15/h2-6,9-10,13,19,21H,7-8,11-12H2,1H3. The summed E-state index contributed by atoms with van der Waals surface area (Å²) in [4.78, 5) is 6.86. The van der Waals surface area contributed by atoms with E-state index in [-0.39, 0.29) is 11.9 Å². The molecule has 1 unspecified atom stereocenters. The number of fused-ring (bicyclic) bond motifs is 1. The molecule has 124 valence electrons. The number of aromatic nitrogens is 2. The topological polar surface area (TPSA) is 33.1 Å². The van der Waals surface area contributed by atoms with Gasteiger partial charge in [0.15, 0.2) is 0 Å². The average Bonchev–Trinajstić information content (AvgIpc) is 2.96. The number of rotatable bonds is 3. The number of hydrogen-bond acceptors (Lipinski definition) is 3. The molecule has 1 aliphatic heterocycles. The SMILES string of the molecule is Cn1cnc2cc(CN3CCNCC3c3cccc(F)c3)ccc21. The Morgan fingerprint density at radius 2 is 2.17 bits per heavy atom. The molecule has 1 atom stereocenters. The van der Waals surface area contributed by atoms with E-state index in [1.54, 1.807) is 12.1 Å². The smallest absolute Gasteiger partial charge is 0.123 e. The van der Waals surface area contributed by atoms with E-state index in [9.17, 15) is 4.39 Å². The number of imidazole rings is 1. The summed E-state index contributed by atoms with van der Waals surface area (Å²) in [6.07, 6.45) is 1.84. The number of nitrogens with zero attached hydrogens (tertiary/aromatic N) is 3. The third-order valence-corrected chi connectivity index (χ3v) is 4.76. The highest BCUT2D eigenvalue weighted by molar-refractivity contribution is 5.75. The first kappa shape index (κ1) is 15.3. The van der Waals surface area contributed by atoms with Crippen molar-refractivity contribution in [3.05, 3.63) is 65.7 Å². The Labute approximate surface area is 140 Å². The normalized spacial score (nSPS) is 19.0. The van der Waals surface area contributed by atoms with Gasteiger partial charge in [-0.25, -0.2) is 9.37 Å². The summed E-state index contributed by atoms with van der Waals surface area (Å²) in [5.74, 6) is -0.173. The minimum absolute atomic E-state index is 0.173. The molecule has 3 aromatic rings. The second-order valence-corrected chi connectivity index (χ2v) is 6.42. The van der Waals surface area contributed by atoms with Crippen molar-refractivity contribution in [3.63, 3.8) is 0 Å². The maximum absolute atomic E-state index is 13.6. The van der Waals surface area contributed by atoms with Crippen LogP contribution in [0, 0.1) is 5.82 Å². The van der Waals surface area contributed by atoms with E-state index in [1.807, 2.05) is 24.0 Å². The third kappa shape index (κ3) is 2.92. The summed E-state index contributed by atoms with van der Waals surface area (Å²) < 4.78 is 15.6. The van der Waals surface area contributed by atoms with Crippen LogP contribution >= 0.6 is 0 Å². The van der Waals surface area contributed by atoms with Crippen molar-refractivity contribution in [2.24, 2.45) is 7.05 Å². The molecule has 0 saturated carbocycles. The molecule has 0 spiro atoms. The van der Waals surface area contributed by atoms with E-state index in [2.05, 4.69) is 33.4 Å². The number of halogens is 1. The largest absolute Gasteiger partial charge is 0.334 e. The van der Waals surface area contributed by atoms with E-state index >= 15 is 0 Å². The molecule has 4 nitrogen and oxygen atoms in total. The molecule has 1 N–H and O–H groups in total. The second kappa shape index (κ2) is 6.34. The van der Waals surface area contributed by atoms with Gasteiger partial charge in [0.1, 0.15) is 5.82 Å². The van der Waals surface area contributed by atoms with Gasteiger partial charge in [-0.2, -0.15) is 0 Å². The lowest BCUT2D eigenvalue weighted by Crippen LogP contribution is -2.45. The molecule has 0 radical (unpaired) electrons. The van der Waals surface area contributed by atoms with Crippen LogP contribution in [-0.2, 0) is 13.6 Å². The summed E-state index contributed by atoms with van der Waals surface area (Å²) in [6.45, 7) is 3.59. The summed E-state index contributed by atoms with van der Waals surface area (Å²) in [7, 11) is 2.01. The zero-order valence-corrected chi connectivity index (χ0v) is 13.7. The van der Waals surface area contributed by atoms with Crippen molar-refractivity contribution in [1.29, 1.82) is 0 Å². The lowest BCUT2D eigenvalue weighted by atomic mass is 10.0. The fraction of sp³-hybridized carbons (Fsp3) is 0.316. The highest BCUT2D eigenvalue weighted by Gasteiger charge is 2.24. The monoisotopic (exact) mass is 324 g/mol. The highest BCUT2D eigenvalue weighted by Crippen LogP contribution is 2.25. The third-order valence-electron chi connectivity index (χ3n) is 4.76. The zero-order valence-electron chi connectivity index (χ0n) is 13.7. The Bertz CT molecular complexity index is 857. The van der Waals surface area contributed by atoms with E-state index in [0.717, 1.165) is 42.8 Å². The van der Waals surface area contributed by atoms with Crippen molar-refractivity contribution in [3.8, 4) is 0 Å². The van der Waals surface area contributed by atoms with Crippen LogP contribution < -0.4 is 5.32 Å². The lowest BCUT2D eigenvalue weighted by Gasteiger charge is -2.36. The lowest BCUT2D eigenvalue weighted by molar-refractivity contribution is 0.153. The Morgan fingerprint density at radius 3 is 3.04 bits per heavy atom. The second-order valence-electron chi connectivity index (χ2n) is 6.42. The molecule has 2 heterocycles. The highest BCUT2D eigenvalue weighted by atomic mass is 19.1. The summed E-state index contributed by atoms with van der Waals surface area (Å²) in [6, 6.07) is 13.6. The first-order chi connectivity index (χ1) is 11.7. The fourth-order valence-electron chi connectivity index (χ4n) is 3.49. The molecular weight excluding hydrogens is 303 g/mol. The van der Waals surface area contributed by atoms with Gasteiger partial charge < -0.3 is 9.88 Å². The number of nitrogens with one attached hydrogen (secondary N) is 1. The molecule has 4 rings (SSSR count). The van der Waals surface area contributed by atoms with Crippen LogP contribution in [0.1, 0.15) is 17.2 Å². The Balaban J connectivity index is 1.60. The molecular formula is C19H21FN4. The molecule has 0 amide bonds. The molecule has 5 heteroatoms. The van der Waals surface area contributed by atoms with Crippen LogP contribution in [0.3, 0.4) is 0 Å². The van der Waals surface area contributed by atoms with Gasteiger partial charge in [-0.15, -0.1) is 0 Å². The summed E-state index contributed by atoms with van der Waals surface area (Å²) in [5.41, 5.74) is 4.43. The fourth-order valence-corrected chi connectivity index (χ4v) is 3.49. The van der Waals surface area contributed by atoms with Crippen molar-refractivity contribution >= 4 is 11.0 Å². The number of aryl methyl sites for hydroxylation is 1. The van der Waals surface area contributed by atoms with Crippen LogP contribution in [0.5, 0.6) is 0 Å². The van der Waals surface area contributed by atoms with Gasteiger partial charge >= 0.3 is 0 Å². The van der Waals surface area contributed by atoms with Gasteiger partial charge in [-0.1, -0.05) is 18.2 Å². The van der Waals surface area contributed by atoms with Crippen molar-refractivity contribution in [2.45, 2.75) is 12.6 Å². The first-order valence-electron chi connectivity index (χ1n) is 8.31.